The lowest BCUT2D eigenvalue weighted by Gasteiger charge is -2.19. The molecule has 16 heavy (non-hydrogen) atoms. The van der Waals surface area contributed by atoms with E-state index in [0.29, 0.717) is 5.92 Å². The van der Waals surface area contributed by atoms with Gasteiger partial charge >= 0.3 is 0 Å². The van der Waals surface area contributed by atoms with Gasteiger partial charge in [0.15, 0.2) is 11.6 Å². The Morgan fingerprint density at radius 2 is 2.12 bits per heavy atom. The number of ether oxygens (including phenoxy) is 1. The van der Waals surface area contributed by atoms with Crippen LogP contribution < -0.4 is 16.0 Å². The minimum Gasteiger partial charge on any atom is -0.494 e. The van der Waals surface area contributed by atoms with E-state index in [9.17, 15) is 4.39 Å². The minimum absolute atomic E-state index is 0.0227. The van der Waals surface area contributed by atoms with Crippen LogP contribution in [-0.2, 0) is 0 Å². The number of hydrazine groups is 1. The van der Waals surface area contributed by atoms with Gasteiger partial charge in [-0.3, -0.25) is 11.3 Å². The second kappa shape index (κ2) is 5.82. The van der Waals surface area contributed by atoms with E-state index in [0.717, 1.165) is 12.0 Å². The second-order valence-electron chi connectivity index (χ2n) is 4.24. The molecule has 0 spiro atoms. The summed E-state index contributed by atoms with van der Waals surface area (Å²) >= 11 is 0. The molecule has 0 saturated heterocycles. The molecule has 0 bridgehead atoms. The van der Waals surface area contributed by atoms with Crippen LogP contribution in [-0.4, -0.2) is 7.11 Å². The number of rotatable bonds is 5. The lowest BCUT2D eigenvalue weighted by atomic mass is 9.97. The normalized spacial score (nSPS) is 12.9. The van der Waals surface area contributed by atoms with Gasteiger partial charge in [-0.15, -0.1) is 0 Å². The second-order valence-corrected chi connectivity index (χ2v) is 4.24. The number of hydrogen-bond acceptors (Lipinski definition) is 3. The van der Waals surface area contributed by atoms with Crippen LogP contribution in [0.3, 0.4) is 0 Å². The summed E-state index contributed by atoms with van der Waals surface area (Å²) in [5, 5.41) is 0. The van der Waals surface area contributed by atoms with Gasteiger partial charge in [-0.2, -0.15) is 0 Å². The maximum absolute atomic E-state index is 13.2. The van der Waals surface area contributed by atoms with Gasteiger partial charge < -0.3 is 4.74 Å². The van der Waals surface area contributed by atoms with Crippen LogP contribution in [0, 0.1) is 11.7 Å². The predicted molar refractivity (Wildman–Crippen MR) is 62.5 cm³/mol. The molecule has 0 aromatic heterocycles. The van der Waals surface area contributed by atoms with Crippen molar-refractivity contribution < 1.29 is 9.13 Å². The van der Waals surface area contributed by atoms with Gasteiger partial charge in [0.2, 0.25) is 0 Å². The highest BCUT2D eigenvalue weighted by atomic mass is 19.1. The lowest BCUT2D eigenvalue weighted by molar-refractivity contribution is 0.382. The van der Waals surface area contributed by atoms with Crippen LogP contribution in [0.5, 0.6) is 5.75 Å². The van der Waals surface area contributed by atoms with Gasteiger partial charge in [0, 0.05) is 6.04 Å². The van der Waals surface area contributed by atoms with Gasteiger partial charge in [0.1, 0.15) is 0 Å². The zero-order valence-electron chi connectivity index (χ0n) is 9.96. The van der Waals surface area contributed by atoms with Crippen LogP contribution in [0.15, 0.2) is 18.2 Å². The van der Waals surface area contributed by atoms with Crippen molar-refractivity contribution in [1.29, 1.82) is 0 Å². The largest absolute Gasteiger partial charge is 0.494 e. The highest BCUT2D eigenvalue weighted by Gasteiger charge is 2.13. The smallest absolute Gasteiger partial charge is 0.165 e. The molecule has 0 saturated carbocycles. The van der Waals surface area contributed by atoms with Crippen molar-refractivity contribution in [2.45, 2.75) is 26.3 Å². The first kappa shape index (κ1) is 12.9. The van der Waals surface area contributed by atoms with Crippen molar-refractivity contribution in [3.05, 3.63) is 29.6 Å². The fourth-order valence-corrected chi connectivity index (χ4v) is 1.66. The zero-order chi connectivity index (χ0) is 12.1. The van der Waals surface area contributed by atoms with Crippen LogP contribution in [0.1, 0.15) is 31.9 Å². The third-order valence-electron chi connectivity index (χ3n) is 2.49. The number of halogens is 1. The summed E-state index contributed by atoms with van der Waals surface area (Å²) in [5.74, 6) is 5.91. The Morgan fingerprint density at radius 3 is 2.62 bits per heavy atom. The van der Waals surface area contributed by atoms with Gasteiger partial charge in [0.25, 0.3) is 0 Å². The molecule has 3 nitrogen and oxygen atoms in total. The molecule has 1 aromatic rings. The third kappa shape index (κ3) is 3.18. The minimum atomic E-state index is -0.355. The van der Waals surface area contributed by atoms with Gasteiger partial charge in [-0.05, 0) is 30.0 Å². The number of nitrogens with two attached hydrogens (primary N) is 1. The van der Waals surface area contributed by atoms with E-state index in [1.807, 2.05) is 0 Å². The SMILES string of the molecule is COc1cc(C(CC(C)C)NN)ccc1F. The summed E-state index contributed by atoms with van der Waals surface area (Å²) in [6.45, 7) is 4.23. The topological polar surface area (TPSA) is 47.3 Å². The molecule has 0 aliphatic rings. The van der Waals surface area contributed by atoms with Gasteiger partial charge in [-0.1, -0.05) is 19.9 Å². The van der Waals surface area contributed by atoms with E-state index >= 15 is 0 Å². The fraction of sp³-hybridized carbons (Fsp3) is 0.500. The van der Waals surface area contributed by atoms with Crippen molar-refractivity contribution in [2.75, 3.05) is 7.11 Å². The van der Waals surface area contributed by atoms with E-state index in [1.165, 1.54) is 13.2 Å². The molecule has 1 rings (SSSR count). The van der Waals surface area contributed by atoms with E-state index in [4.69, 9.17) is 10.6 Å². The fourth-order valence-electron chi connectivity index (χ4n) is 1.66. The Kier molecular flexibility index (Phi) is 4.71. The van der Waals surface area contributed by atoms with Crippen LogP contribution in [0.2, 0.25) is 0 Å². The highest BCUT2D eigenvalue weighted by Crippen LogP contribution is 2.25. The van der Waals surface area contributed by atoms with Gasteiger partial charge in [0.05, 0.1) is 7.11 Å². The van der Waals surface area contributed by atoms with Crippen molar-refractivity contribution in [3.8, 4) is 5.75 Å². The highest BCUT2D eigenvalue weighted by molar-refractivity contribution is 5.32. The molecule has 0 heterocycles. The van der Waals surface area contributed by atoms with E-state index < -0.39 is 0 Å². The summed E-state index contributed by atoms with van der Waals surface area (Å²) < 4.78 is 18.2. The maximum atomic E-state index is 13.2. The average Bonchev–Trinajstić information content (AvgIpc) is 2.26. The molecule has 0 amide bonds. The molecule has 0 fully saturated rings. The Balaban J connectivity index is 2.92. The quantitative estimate of drug-likeness (QED) is 0.598. The molecule has 1 unspecified atom stereocenters. The lowest BCUT2D eigenvalue weighted by Crippen LogP contribution is -2.29. The summed E-state index contributed by atoms with van der Waals surface area (Å²) in [4.78, 5) is 0. The third-order valence-corrected chi connectivity index (χ3v) is 2.49. The first-order valence-electron chi connectivity index (χ1n) is 5.38. The average molecular weight is 226 g/mol. The molecule has 4 heteroatoms. The monoisotopic (exact) mass is 226 g/mol. The molecular formula is C12H19FN2O. The van der Waals surface area contributed by atoms with E-state index in [1.54, 1.807) is 12.1 Å². The van der Waals surface area contributed by atoms with Crippen molar-refractivity contribution in [3.63, 3.8) is 0 Å². The molecular weight excluding hydrogens is 207 g/mol. The van der Waals surface area contributed by atoms with E-state index in [2.05, 4.69) is 19.3 Å². The molecule has 90 valence electrons. The molecule has 3 N–H and O–H groups in total. The molecule has 0 aliphatic carbocycles. The number of methoxy groups -OCH3 is 1. The standard InChI is InChI=1S/C12H19FN2O/c1-8(2)6-11(15-14)9-4-5-10(13)12(7-9)16-3/h4-5,7-8,11,15H,6,14H2,1-3H3. The zero-order valence-corrected chi connectivity index (χ0v) is 9.96. The number of nitrogens with one attached hydrogen (secondary N) is 1. The van der Waals surface area contributed by atoms with E-state index in [-0.39, 0.29) is 17.6 Å². The Labute approximate surface area is 95.8 Å². The first-order chi connectivity index (χ1) is 7.58. The Hall–Kier alpha value is -1.13. The number of hydrogen-bond donors (Lipinski definition) is 2. The molecule has 1 atom stereocenters. The predicted octanol–water partition coefficient (Wildman–Crippen LogP) is 2.38. The molecule has 0 aliphatic heterocycles. The van der Waals surface area contributed by atoms with Crippen LogP contribution >= 0.6 is 0 Å². The van der Waals surface area contributed by atoms with Crippen molar-refractivity contribution >= 4 is 0 Å². The first-order valence-corrected chi connectivity index (χ1v) is 5.38. The summed E-state index contributed by atoms with van der Waals surface area (Å²) in [5.41, 5.74) is 3.68. The summed E-state index contributed by atoms with van der Waals surface area (Å²) in [7, 11) is 1.45. The molecule has 0 radical (unpaired) electrons. The Bertz CT molecular complexity index is 342. The summed E-state index contributed by atoms with van der Waals surface area (Å²) in [6, 6.07) is 4.83. The number of benzene rings is 1. The van der Waals surface area contributed by atoms with Crippen LogP contribution in [0.4, 0.5) is 4.39 Å². The summed E-state index contributed by atoms with van der Waals surface area (Å²) in [6.07, 6.45) is 0.894. The van der Waals surface area contributed by atoms with Crippen molar-refractivity contribution in [2.24, 2.45) is 11.8 Å². The Morgan fingerprint density at radius 1 is 1.44 bits per heavy atom. The van der Waals surface area contributed by atoms with Crippen molar-refractivity contribution in [1.82, 2.24) is 5.43 Å². The van der Waals surface area contributed by atoms with Crippen LogP contribution in [0.25, 0.3) is 0 Å². The van der Waals surface area contributed by atoms with Gasteiger partial charge in [-0.25, -0.2) is 4.39 Å². The maximum Gasteiger partial charge on any atom is 0.165 e. The molecule has 1 aromatic carbocycles.